The number of fused-ring (bicyclic) bond motifs is 2. The molecular weight excluding hydrogens is 544 g/mol. The van der Waals surface area contributed by atoms with Crippen molar-refractivity contribution in [3.8, 4) is 0 Å². The number of hydrogen-bond acceptors (Lipinski definition) is 4. The van der Waals surface area contributed by atoms with E-state index < -0.39 is 17.5 Å². The Balaban J connectivity index is 1.39. The highest BCUT2D eigenvalue weighted by Crippen LogP contribution is 2.55. The van der Waals surface area contributed by atoms with Crippen molar-refractivity contribution in [2.45, 2.75) is 70.4 Å². The van der Waals surface area contributed by atoms with E-state index in [1.807, 2.05) is 48.5 Å². The summed E-state index contributed by atoms with van der Waals surface area (Å²) in [6, 6.07) is 35.2. The molecule has 6 rings (SSSR count). The van der Waals surface area contributed by atoms with Crippen molar-refractivity contribution in [2.24, 2.45) is 5.92 Å². The third-order valence-electron chi connectivity index (χ3n) is 9.00. The first kappa shape index (κ1) is 29.1. The summed E-state index contributed by atoms with van der Waals surface area (Å²) >= 11 is 6.78. The van der Waals surface area contributed by atoms with Crippen LogP contribution < -0.4 is 0 Å². The fourth-order valence-electron chi connectivity index (χ4n) is 6.35. The molecule has 4 aromatic carbocycles. The fraction of sp³-hybridized carbons (Fsp3) is 0.351. The average molecular weight is 583 g/mol. The van der Waals surface area contributed by atoms with E-state index in [0.29, 0.717) is 26.2 Å². The Bertz CT molecular complexity index is 1480. The highest BCUT2D eigenvalue weighted by molar-refractivity contribution is 6.31. The van der Waals surface area contributed by atoms with Gasteiger partial charge in [-0.2, -0.15) is 0 Å². The molecule has 0 N–H and O–H groups in total. The van der Waals surface area contributed by atoms with Crippen molar-refractivity contribution >= 4 is 11.6 Å². The zero-order valence-corrected chi connectivity index (χ0v) is 25.3. The van der Waals surface area contributed by atoms with Crippen molar-refractivity contribution in [3.63, 3.8) is 0 Å². The third kappa shape index (κ3) is 5.67. The number of halogens is 1. The summed E-state index contributed by atoms with van der Waals surface area (Å²) in [6.45, 7) is 7.84. The lowest BCUT2D eigenvalue weighted by Crippen LogP contribution is -2.62. The second-order valence-electron chi connectivity index (χ2n) is 11.7. The molecule has 42 heavy (non-hydrogen) atoms. The predicted molar refractivity (Wildman–Crippen MR) is 166 cm³/mol. The van der Waals surface area contributed by atoms with Gasteiger partial charge in [0.2, 0.25) is 5.79 Å². The van der Waals surface area contributed by atoms with Crippen molar-refractivity contribution in [2.75, 3.05) is 6.61 Å². The molecule has 0 saturated carbocycles. The molecule has 4 nitrogen and oxygen atoms in total. The summed E-state index contributed by atoms with van der Waals surface area (Å²) in [7, 11) is 0. The van der Waals surface area contributed by atoms with Crippen LogP contribution in [-0.4, -0.2) is 24.4 Å². The molecule has 5 atom stereocenters. The monoisotopic (exact) mass is 582 g/mol. The minimum absolute atomic E-state index is 0.0435. The van der Waals surface area contributed by atoms with Crippen LogP contribution in [0, 0.1) is 12.8 Å². The molecule has 2 unspecified atom stereocenters. The number of rotatable bonds is 10. The second kappa shape index (κ2) is 12.3. The molecule has 0 spiro atoms. The first-order valence-electron chi connectivity index (χ1n) is 14.9. The highest BCUT2D eigenvalue weighted by atomic mass is 35.5. The summed E-state index contributed by atoms with van der Waals surface area (Å²) in [5.41, 5.74) is 6.08. The molecule has 0 amide bonds. The molecule has 0 aromatic heterocycles. The van der Waals surface area contributed by atoms with Gasteiger partial charge in [-0.15, -0.1) is 0 Å². The predicted octanol–water partition coefficient (Wildman–Crippen LogP) is 8.41. The SMILES string of the molecule is CCC12COC(c3ccc(Cl)c(Cc4ccc(C)cc4)c3)(O1)[C@H](OCc1ccccc1)[C@@H](OCc1ccccc1)[C@@H]2C. The molecule has 4 aromatic rings. The van der Waals surface area contributed by atoms with Crippen molar-refractivity contribution in [1.29, 1.82) is 0 Å². The van der Waals surface area contributed by atoms with Gasteiger partial charge in [0, 0.05) is 16.5 Å². The van der Waals surface area contributed by atoms with E-state index in [9.17, 15) is 0 Å². The molecule has 2 saturated heterocycles. The molecule has 5 heteroatoms. The van der Waals surface area contributed by atoms with Crippen LogP contribution in [0.5, 0.6) is 0 Å². The first-order chi connectivity index (χ1) is 20.4. The molecule has 2 heterocycles. The van der Waals surface area contributed by atoms with E-state index in [-0.39, 0.29) is 12.0 Å². The quantitative estimate of drug-likeness (QED) is 0.188. The maximum absolute atomic E-state index is 7.09. The maximum atomic E-state index is 7.09. The second-order valence-corrected chi connectivity index (χ2v) is 12.1. The van der Waals surface area contributed by atoms with Crippen LogP contribution in [0.2, 0.25) is 5.02 Å². The summed E-state index contributed by atoms with van der Waals surface area (Å²) in [5, 5.41) is 0.721. The van der Waals surface area contributed by atoms with Crippen molar-refractivity contribution < 1.29 is 18.9 Å². The lowest BCUT2D eigenvalue weighted by molar-refractivity contribution is -0.333. The Morgan fingerprint density at radius 3 is 2.10 bits per heavy atom. The summed E-state index contributed by atoms with van der Waals surface area (Å²) in [6.07, 6.45) is 0.742. The van der Waals surface area contributed by atoms with Gasteiger partial charge < -0.3 is 18.9 Å². The Morgan fingerprint density at radius 1 is 0.810 bits per heavy atom. The van der Waals surface area contributed by atoms with Crippen molar-refractivity contribution in [3.05, 3.63) is 142 Å². The Morgan fingerprint density at radius 2 is 1.45 bits per heavy atom. The van der Waals surface area contributed by atoms with Crippen LogP contribution in [0.25, 0.3) is 0 Å². The van der Waals surface area contributed by atoms with Crippen molar-refractivity contribution in [1.82, 2.24) is 0 Å². The Labute approximate surface area is 254 Å². The molecular formula is C37H39ClO4. The zero-order valence-electron chi connectivity index (χ0n) is 24.6. The highest BCUT2D eigenvalue weighted by Gasteiger charge is 2.66. The van der Waals surface area contributed by atoms with Gasteiger partial charge in [-0.1, -0.05) is 122 Å². The lowest BCUT2D eigenvalue weighted by Gasteiger charge is -2.50. The molecule has 0 radical (unpaired) electrons. The van der Waals surface area contributed by atoms with Crippen LogP contribution in [0.1, 0.15) is 53.6 Å². The van der Waals surface area contributed by atoms with Gasteiger partial charge >= 0.3 is 0 Å². The Hall–Kier alpha value is -2.99. The number of benzene rings is 4. The van der Waals surface area contributed by atoms with Crippen LogP contribution in [0.4, 0.5) is 0 Å². The Kier molecular flexibility index (Phi) is 8.53. The minimum atomic E-state index is -1.13. The topological polar surface area (TPSA) is 36.9 Å². The van der Waals surface area contributed by atoms with Gasteiger partial charge in [0.15, 0.2) is 0 Å². The third-order valence-corrected chi connectivity index (χ3v) is 9.37. The molecule has 2 aliphatic rings. The first-order valence-corrected chi connectivity index (χ1v) is 15.3. The van der Waals surface area contributed by atoms with Gasteiger partial charge in [0.25, 0.3) is 0 Å². The normalized spacial score (nSPS) is 26.8. The summed E-state index contributed by atoms with van der Waals surface area (Å²) in [4.78, 5) is 0. The van der Waals surface area contributed by atoms with E-state index in [1.54, 1.807) is 0 Å². The van der Waals surface area contributed by atoms with E-state index >= 15 is 0 Å². The smallest absolute Gasteiger partial charge is 0.225 e. The zero-order chi connectivity index (χ0) is 29.2. The summed E-state index contributed by atoms with van der Waals surface area (Å²) in [5.74, 6) is -1.09. The number of ether oxygens (including phenoxy) is 4. The summed E-state index contributed by atoms with van der Waals surface area (Å²) < 4.78 is 27.5. The van der Waals surface area contributed by atoms with Crippen LogP contribution in [0.15, 0.2) is 103 Å². The molecule has 2 aliphatic heterocycles. The van der Waals surface area contributed by atoms with Crippen LogP contribution in [0.3, 0.4) is 0 Å². The molecule has 218 valence electrons. The van der Waals surface area contributed by atoms with E-state index in [0.717, 1.165) is 33.7 Å². The molecule has 2 bridgehead atoms. The van der Waals surface area contributed by atoms with Crippen LogP contribution >= 0.6 is 11.6 Å². The standard InChI is InChI=1S/C37H39ClO4/c1-4-36-25-41-37(42-36,32-19-20-33(38)31(22-32)21-28-17-15-26(2)16-18-28)35(40-24-30-13-9-6-10-14-30)34(27(36)3)39-23-29-11-7-5-8-12-29/h5-20,22,27,34-35H,4,21,23-25H2,1-3H3/t27-,34-,35+,36?,37?/m0/s1. The van der Waals surface area contributed by atoms with Gasteiger partial charge in [-0.05, 0) is 54.2 Å². The molecule has 0 aliphatic carbocycles. The van der Waals surface area contributed by atoms with E-state index in [2.05, 4.69) is 75.4 Å². The average Bonchev–Trinajstić information content (AvgIpc) is 3.40. The number of aryl methyl sites for hydroxylation is 1. The fourth-order valence-corrected chi connectivity index (χ4v) is 6.54. The molecule has 2 fully saturated rings. The van der Waals surface area contributed by atoms with Crippen LogP contribution in [-0.2, 0) is 44.4 Å². The van der Waals surface area contributed by atoms with E-state index in [1.165, 1.54) is 11.1 Å². The maximum Gasteiger partial charge on any atom is 0.225 e. The number of hydrogen-bond donors (Lipinski definition) is 0. The van der Waals surface area contributed by atoms with E-state index in [4.69, 9.17) is 30.5 Å². The van der Waals surface area contributed by atoms with Gasteiger partial charge in [0.05, 0.1) is 25.9 Å². The largest absolute Gasteiger partial charge is 0.370 e. The minimum Gasteiger partial charge on any atom is -0.370 e. The lowest BCUT2D eigenvalue weighted by atomic mass is 9.76. The van der Waals surface area contributed by atoms with Gasteiger partial charge in [-0.3, -0.25) is 0 Å². The van der Waals surface area contributed by atoms with Gasteiger partial charge in [-0.25, -0.2) is 0 Å². The van der Waals surface area contributed by atoms with Gasteiger partial charge in [0.1, 0.15) is 11.7 Å².